The first kappa shape index (κ1) is 17.8. The minimum Gasteiger partial charge on any atom is -0.700 e. The third kappa shape index (κ3) is 3.64. The van der Waals surface area contributed by atoms with Gasteiger partial charge in [-0.3, -0.25) is 0 Å². The Labute approximate surface area is 164 Å². The summed E-state index contributed by atoms with van der Waals surface area (Å²) in [4.78, 5) is 5.67. The molecule has 1 N–H and O–H groups in total. The lowest BCUT2D eigenvalue weighted by Crippen LogP contribution is -2.21. The largest absolute Gasteiger partial charge is 0.700 e. The SMILES string of the molecule is O=S(=O)(Nc1nc[n+]([O-])s1)c1ccc2c(c1)OCN2Cc1ccccc1Cl. The third-order valence-corrected chi connectivity index (χ3v) is 6.43. The van der Waals surface area contributed by atoms with E-state index in [4.69, 9.17) is 16.3 Å². The van der Waals surface area contributed by atoms with Crippen LogP contribution in [-0.4, -0.2) is 20.1 Å². The van der Waals surface area contributed by atoms with Gasteiger partial charge in [0.25, 0.3) is 10.0 Å². The van der Waals surface area contributed by atoms with Crippen molar-refractivity contribution in [2.75, 3.05) is 16.4 Å². The fourth-order valence-electron chi connectivity index (χ4n) is 2.67. The van der Waals surface area contributed by atoms with E-state index in [1.165, 1.54) is 12.1 Å². The minimum absolute atomic E-state index is 0.00763. The molecule has 0 spiro atoms. The van der Waals surface area contributed by atoms with Gasteiger partial charge in [-0.2, -0.15) is 4.12 Å². The summed E-state index contributed by atoms with van der Waals surface area (Å²) in [5.74, 6) is 0.461. The fourth-order valence-corrected chi connectivity index (χ4v) is 4.61. The predicted molar refractivity (Wildman–Crippen MR) is 101 cm³/mol. The fraction of sp³-hybridized carbons (Fsp3) is 0.125. The van der Waals surface area contributed by atoms with Gasteiger partial charge >= 0.3 is 11.5 Å². The maximum atomic E-state index is 12.5. The highest BCUT2D eigenvalue weighted by atomic mass is 35.5. The van der Waals surface area contributed by atoms with Crippen LogP contribution in [-0.2, 0) is 16.6 Å². The topological polar surface area (TPSA) is 98.5 Å². The highest BCUT2D eigenvalue weighted by molar-refractivity contribution is 7.93. The summed E-state index contributed by atoms with van der Waals surface area (Å²) in [7, 11) is -3.88. The average molecular weight is 425 g/mol. The zero-order chi connectivity index (χ0) is 19.0. The van der Waals surface area contributed by atoms with Gasteiger partial charge in [-0.05, 0) is 28.7 Å². The lowest BCUT2D eigenvalue weighted by Gasteiger charge is -2.17. The maximum Gasteiger partial charge on any atom is 0.348 e. The van der Waals surface area contributed by atoms with Crippen LogP contribution in [0.1, 0.15) is 5.56 Å². The van der Waals surface area contributed by atoms with Crippen molar-refractivity contribution in [1.82, 2.24) is 4.98 Å². The van der Waals surface area contributed by atoms with Gasteiger partial charge in [-0.1, -0.05) is 29.8 Å². The van der Waals surface area contributed by atoms with Crippen molar-refractivity contribution in [1.29, 1.82) is 0 Å². The Morgan fingerprint density at radius 2 is 2.15 bits per heavy atom. The summed E-state index contributed by atoms with van der Waals surface area (Å²) in [5, 5.41) is 11.7. The van der Waals surface area contributed by atoms with Gasteiger partial charge in [0.05, 0.1) is 10.6 Å². The Morgan fingerprint density at radius 3 is 2.89 bits per heavy atom. The number of ether oxygens (including phenoxy) is 1. The van der Waals surface area contributed by atoms with Crippen LogP contribution in [0.5, 0.6) is 5.75 Å². The molecule has 2 heterocycles. The summed E-state index contributed by atoms with van der Waals surface area (Å²) < 4.78 is 33.3. The molecule has 0 bridgehead atoms. The molecule has 0 atom stereocenters. The molecule has 0 saturated carbocycles. The van der Waals surface area contributed by atoms with Gasteiger partial charge < -0.3 is 14.8 Å². The molecule has 11 heteroatoms. The monoisotopic (exact) mass is 424 g/mol. The molecule has 2 aromatic carbocycles. The number of anilines is 2. The van der Waals surface area contributed by atoms with Crippen LogP contribution in [0.15, 0.2) is 53.7 Å². The maximum absolute atomic E-state index is 12.5. The molecule has 1 aliphatic rings. The number of halogens is 1. The van der Waals surface area contributed by atoms with Crippen molar-refractivity contribution in [3.05, 3.63) is 64.6 Å². The molecule has 0 radical (unpaired) electrons. The van der Waals surface area contributed by atoms with Crippen molar-refractivity contribution < 1.29 is 17.3 Å². The van der Waals surface area contributed by atoms with E-state index in [-0.39, 0.29) is 10.0 Å². The number of nitrogens with zero attached hydrogens (tertiary/aromatic N) is 3. The van der Waals surface area contributed by atoms with Crippen LogP contribution in [0.25, 0.3) is 0 Å². The van der Waals surface area contributed by atoms with Crippen molar-refractivity contribution in [3.8, 4) is 5.75 Å². The first-order chi connectivity index (χ1) is 12.9. The number of nitrogens with one attached hydrogen (secondary N) is 1. The number of aromatic nitrogens is 2. The van der Waals surface area contributed by atoms with Crippen LogP contribution in [0.2, 0.25) is 5.02 Å². The molecule has 0 aliphatic carbocycles. The average Bonchev–Trinajstić information content (AvgIpc) is 3.22. The third-order valence-electron chi connectivity index (χ3n) is 3.94. The standard InChI is InChI=1S/C16H13ClN4O4S2/c17-13-4-2-1-3-11(13)8-20-10-25-15-7-12(5-6-14(15)20)27(23,24)19-16-18-9-21(22)26-16/h1-7,9H,8,10H2,(H,18,19). The Balaban J connectivity index is 1.57. The molecule has 0 amide bonds. The number of hydrogen-bond donors (Lipinski definition) is 1. The van der Waals surface area contributed by atoms with Crippen molar-refractivity contribution in [2.24, 2.45) is 0 Å². The van der Waals surface area contributed by atoms with Crippen molar-refractivity contribution in [3.63, 3.8) is 0 Å². The smallest absolute Gasteiger partial charge is 0.348 e. The van der Waals surface area contributed by atoms with Gasteiger partial charge in [0.15, 0.2) is 6.73 Å². The summed E-state index contributed by atoms with van der Waals surface area (Å²) in [6, 6.07) is 12.1. The van der Waals surface area contributed by atoms with E-state index in [1.807, 2.05) is 29.2 Å². The van der Waals surface area contributed by atoms with E-state index < -0.39 is 10.0 Å². The van der Waals surface area contributed by atoms with Crippen LogP contribution >= 0.6 is 23.1 Å². The number of fused-ring (bicyclic) bond motifs is 1. The van der Waals surface area contributed by atoms with Crippen molar-refractivity contribution in [2.45, 2.75) is 11.4 Å². The predicted octanol–water partition coefficient (Wildman–Crippen LogP) is 2.59. The molecular weight excluding hydrogens is 412 g/mol. The Hall–Kier alpha value is -2.56. The second-order valence-electron chi connectivity index (χ2n) is 5.72. The van der Waals surface area contributed by atoms with Gasteiger partial charge in [0.1, 0.15) is 17.3 Å². The molecule has 1 aromatic heterocycles. The molecule has 1 aliphatic heterocycles. The van der Waals surface area contributed by atoms with Gasteiger partial charge in [-0.15, -0.1) is 0 Å². The molecule has 140 valence electrons. The van der Waals surface area contributed by atoms with E-state index >= 15 is 0 Å². The van der Waals surface area contributed by atoms with Crippen LogP contribution in [0.4, 0.5) is 10.8 Å². The molecular formula is C16H13ClN4O4S2. The summed E-state index contributed by atoms with van der Waals surface area (Å²) in [5.41, 5.74) is 1.73. The Bertz CT molecular complexity index is 1100. The van der Waals surface area contributed by atoms with Crippen LogP contribution in [0, 0.1) is 5.21 Å². The molecule has 0 fully saturated rings. The number of benzene rings is 2. The first-order valence-electron chi connectivity index (χ1n) is 7.76. The highest BCUT2D eigenvalue weighted by Crippen LogP contribution is 2.37. The van der Waals surface area contributed by atoms with Crippen LogP contribution < -0.4 is 18.5 Å². The molecule has 0 unspecified atom stereocenters. The molecule has 4 rings (SSSR count). The summed E-state index contributed by atoms with van der Waals surface area (Å²) >= 11 is 6.86. The molecule has 27 heavy (non-hydrogen) atoms. The van der Waals surface area contributed by atoms with Gasteiger partial charge in [-0.25, -0.2) is 13.1 Å². The van der Waals surface area contributed by atoms with E-state index in [0.717, 1.165) is 17.6 Å². The lowest BCUT2D eigenvalue weighted by atomic mass is 10.2. The second kappa shape index (κ2) is 6.87. The number of hydrogen-bond acceptors (Lipinski definition) is 7. The van der Waals surface area contributed by atoms with Gasteiger partial charge in [0, 0.05) is 17.6 Å². The summed E-state index contributed by atoms with van der Waals surface area (Å²) in [6.07, 6.45) is 0.987. The minimum atomic E-state index is -3.88. The highest BCUT2D eigenvalue weighted by Gasteiger charge is 2.26. The summed E-state index contributed by atoms with van der Waals surface area (Å²) in [6.45, 7) is 0.833. The van der Waals surface area contributed by atoms with E-state index in [9.17, 15) is 13.6 Å². The molecule has 8 nitrogen and oxygen atoms in total. The van der Waals surface area contributed by atoms with E-state index in [0.29, 0.717) is 39.7 Å². The Morgan fingerprint density at radius 1 is 1.33 bits per heavy atom. The quantitative estimate of drug-likeness (QED) is 0.499. The second-order valence-corrected chi connectivity index (χ2v) is 8.74. The zero-order valence-electron chi connectivity index (χ0n) is 13.7. The van der Waals surface area contributed by atoms with Gasteiger partial charge in [0.2, 0.25) is 0 Å². The lowest BCUT2D eigenvalue weighted by molar-refractivity contribution is -0.532. The van der Waals surface area contributed by atoms with E-state index in [1.54, 1.807) is 6.07 Å². The van der Waals surface area contributed by atoms with Crippen LogP contribution in [0.3, 0.4) is 0 Å². The molecule has 3 aromatic rings. The number of sulfonamides is 1. The normalized spacial score (nSPS) is 13.3. The van der Waals surface area contributed by atoms with Crippen molar-refractivity contribution >= 4 is 44.0 Å². The molecule has 0 saturated heterocycles. The first-order valence-corrected chi connectivity index (χ1v) is 10.4. The van der Waals surface area contributed by atoms with E-state index in [2.05, 4.69) is 9.71 Å². The number of rotatable bonds is 5. The Kier molecular flexibility index (Phi) is 4.54. The zero-order valence-corrected chi connectivity index (χ0v) is 16.1.